The third-order valence-corrected chi connectivity index (χ3v) is 1.78. The zero-order chi connectivity index (χ0) is 13.9. The second-order valence-electron chi connectivity index (χ2n) is 2.95. The minimum atomic E-state index is -5.00. The van der Waals surface area contributed by atoms with E-state index < -0.39 is 35.1 Å². The van der Waals surface area contributed by atoms with Crippen molar-refractivity contribution >= 4 is 5.97 Å². The number of rotatable bonds is 3. The molecule has 0 spiro atoms. The molecule has 0 amide bonds. The Labute approximate surface area is 98.3 Å². The first kappa shape index (κ1) is 13.9. The van der Waals surface area contributed by atoms with Gasteiger partial charge in [-0.1, -0.05) is 0 Å². The number of aromatic nitrogens is 1. The van der Waals surface area contributed by atoms with Gasteiger partial charge in [0.15, 0.2) is 11.4 Å². The summed E-state index contributed by atoms with van der Waals surface area (Å²) in [5.41, 5.74) is -1.51. The Morgan fingerprint density at radius 3 is 2.39 bits per heavy atom. The molecule has 1 rings (SSSR count). The summed E-state index contributed by atoms with van der Waals surface area (Å²) in [7, 11) is 2.08. The van der Waals surface area contributed by atoms with E-state index in [-0.39, 0.29) is 0 Å². The average molecular weight is 267 g/mol. The van der Waals surface area contributed by atoms with Crippen molar-refractivity contribution in [2.45, 2.75) is 6.36 Å². The maximum atomic E-state index is 12.0. The molecule has 0 unspecified atom stereocenters. The van der Waals surface area contributed by atoms with Crippen LogP contribution in [0.15, 0.2) is 10.9 Å². The van der Waals surface area contributed by atoms with Crippen molar-refractivity contribution in [2.24, 2.45) is 0 Å². The van der Waals surface area contributed by atoms with Crippen molar-refractivity contribution in [1.82, 2.24) is 4.98 Å². The van der Waals surface area contributed by atoms with E-state index in [4.69, 9.17) is 0 Å². The first-order valence-electron chi connectivity index (χ1n) is 4.44. The summed E-state index contributed by atoms with van der Waals surface area (Å²) in [5.74, 6) is -2.46. The number of hydrogen-bond acceptors (Lipinski definition) is 5. The molecule has 0 saturated carbocycles. The van der Waals surface area contributed by atoms with Gasteiger partial charge in [0.1, 0.15) is 0 Å². The quantitative estimate of drug-likeness (QED) is 0.829. The Balaban J connectivity index is 3.31. The van der Waals surface area contributed by atoms with Gasteiger partial charge in [-0.05, 0) is 0 Å². The molecule has 0 atom stereocenters. The normalized spacial score (nSPS) is 10.9. The van der Waals surface area contributed by atoms with Gasteiger partial charge in [-0.25, -0.2) is 4.79 Å². The van der Waals surface area contributed by atoms with E-state index in [0.29, 0.717) is 6.07 Å². The van der Waals surface area contributed by atoms with Gasteiger partial charge in [0.25, 0.3) is 0 Å². The molecular formula is C9H8F3NO5. The number of ether oxygens (including phenoxy) is 3. The van der Waals surface area contributed by atoms with E-state index in [2.05, 4.69) is 14.2 Å². The van der Waals surface area contributed by atoms with E-state index in [1.54, 1.807) is 0 Å². The molecule has 100 valence electrons. The Kier molecular flexibility index (Phi) is 3.84. The van der Waals surface area contributed by atoms with E-state index in [0.717, 1.165) is 14.2 Å². The Morgan fingerprint density at radius 2 is 1.94 bits per heavy atom. The number of pyridine rings is 1. The summed E-state index contributed by atoms with van der Waals surface area (Å²) in [6.07, 6.45) is -5.00. The number of carbonyl (C=O) groups is 1. The van der Waals surface area contributed by atoms with Gasteiger partial charge < -0.3 is 19.2 Å². The molecule has 1 N–H and O–H groups in total. The highest BCUT2D eigenvalue weighted by atomic mass is 19.4. The number of aromatic amines is 1. The van der Waals surface area contributed by atoms with E-state index >= 15 is 0 Å². The lowest BCUT2D eigenvalue weighted by molar-refractivity contribution is -0.276. The van der Waals surface area contributed by atoms with Crippen LogP contribution in [-0.2, 0) is 4.74 Å². The van der Waals surface area contributed by atoms with Crippen LogP contribution < -0.4 is 14.9 Å². The SMILES string of the molecule is COC(=O)c1[nH]c(OC(F)(F)F)cc(=O)c1OC. The van der Waals surface area contributed by atoms with Gasteiger partial charge in [-0.2, -0.15) is 0 Å². The zero-order valence-electron chi connectivity index (χ0n) is 9.25. The van der Waals surface area contributed by atoms with Gasteiger partial charge in [-0.15, -0.1) is 13.2 Å². The minimum Gasteiger partial charge on any atom is -0.491 e. The minimum absolute atomic E-state index is 0.462. The number of alkyl halides is 3. The lowest BCUT2D eigenvalue weighted by atomic mass is 10.3. The lowest BCUT2D eigenvalue weighted by Gasteiger charge is -2.11. The number of halogens is 3. The number of methoxy groups -OCH3 is 2. The molecule has 0 aliphatic carbocycles. The van der Waals surface area contributed by atoms with E-state index in [9.17, 15) is 22.8 Å². The van der Waals surface area contributed by atoms with Crippen molar-refractivity contribution in [3.05, 3.63) is 22.0 Å². The van der Waals surface area contributed by atoms with E-state index in [1.807, 2.05) is 4.98 Å². The maximum Gasteiger partial charge on any atom is 0.574 e. The Bertz CT molecular complexity index is 508. The van der Waals surface area contributed by atoms with Crippen molar-refractivity contribution in [3.63, 3.8) is 0 Å². The second-order valence-corrected chi connectivity index (χ2v) is 2.95. The predicted octanol–water partition coefficient (Wildman–Crippen LogP) is 1.07. The first-order chi connectivity index (χ1) is 8.28. The predicted molar refractivity (Wildman–Crippen MR) is 51.6 cm³/mol. The fourth-order valence-corrected chi connectivity index (χ4v) is 1.15. The smallest absolute Gasteiger partial charge is 0.491 e. The number of H-pyrrole nitrogens is 1. The average Bonchev–Trinajstić information content (AvgIpc) is 2.25. The molecule has 0 aliphatic rings. The molecule has 1 aromatic heterocycles. The van der Waals surface area contributed by atoms with Gasteiger partial charge in [0, 0.05) is 0 Å². The molecule has 0 aromatic carbocycles. The highest BCUT2D eigenvalue weighted by molar-refractivity contribution is 5.90. The maximum absolute atomic E-state index is 12.0. The largest absolute Gasteiger partial charge is 0.574 e. The fourth-order valence-electron chi connectivity index (χ4n) is 1.15. The first-order valence-corrected chi connectivity index (χ1v) is 4.44. The lowest BCUT2D eigenvalue weighted by Crippen LogP contribution is -2.22. The third kappa shape index (κ3) is 3.15. The molecule has 0 aliphatic heterocycles. The summed E-state index contributed by atoms with van der Waals surface area (Å²) in [6, 6.07) is 0.513. The third-order valence-electron chi connectivity index (χ3n) is 1.78. The van der Waals surface area contributed by atoms with Crippen molar-refractivity contribution < 1.29 is 32.2 Å². The van der Waals surface area contributed by atoms with Crippen LogP contribution in [0.3, 0.4) is 0 Å². The summed E-state index contributed by atoms with van der Waals surface area (Å²) < 4.78 is 48.3. The van der Waals surface area contributed by atoms with Crippen LogP contribution in [0.5, 0.6) is 11.6 Å². The molecule has 0 saturated heterocycles. The van der Waals surface area contributed by atoms with Crippen LogP contribution in [0.2, 0.25) is 0 Å². The highest BCUT2D eigenvalue weighted by Gasteiger charge is 2.32. The van der Waals surface area contributed by atoms with Gasteiger partial charge in [0.05, 0.1) is 20.3 Å². The molecule has 0 fully saturated rings. The number of hydrogen-bond donors (Lipinski definition) is 1. The van der Waals surface area contributed by atoms with Crippen LogP contribution in [0.4, 0.5) is 13.2 Å². The summed E-state index contributed by atoms with van der Waals surface area (Å²) >= 11 is 0. The number of esters is 1. The zero-order valence-corrected chi connectivity index (χ0v) is 9.25. The molecule has 0 radical (unpaired) electrons. The monoisotopic (exact) mass is 267 g/mol. The van der Waals surface area contributed by atoms with Gasteiger partial charge in [-0.3, -0.25) is 4.79 Å². The van der Waals surface area contributed by atoms with Crippen LogP contribution in [0.1, 0.15) is 10.5 Å². The summed E-state index contributed by atoms with van der Waals surface area (Å²) in [6.45, 7) is 0. The van der Waals surface area contributed by atoms with Crippen LogP contribution in [0.25, 0.3) is 0 Å². The highest BCUT2D eigenvalue weighted by Crippen LogP contribution is 2.22. The van der Waals surface area contributed by atoms with Crippen LogP contribution in [-0.4, -0.2) is 31.5 Å². The fraction of sp³-hybridized carbons (Fsp3) is 0.333. The molecule has 1 heterocycles. The van der Waals surface area contributed by atoms with Crippen LogP contribution in [0, 0.1) is 0 Å². The van der Waals surface area contributed by atoms with Crippen molar-refractivity contribution in [2.75, 3.05) is 14.2 Å². The summed E-state index contributed by atoms with van der Waals surface area (Å²) in [4.78, 5) is 24.6. The molecule has 0 bridgehead atoms. The van der Waals surface area contributed by atoms with E-state index in [1.165, 1.54) is 0 Å². The number of carbonyl (C=O) groups excluding carboxylic acids is 1. The second kappa shape index (κ2) is 4.98. The number of nitrogens with one attached hydrogen (secondary N) is 1. The van der Waals surface area contributed by atoms with Gasteiger partial charge >= 0.3 is 12.3 Å². The topological polar surface area (TPSA) is 77.6 Å². The molecule has 9 heteroatoms. The standard InChI is InChI=1S/C9H8F3NO5/c1-16-7-4(14)3-5(18-9(10,11)12)13-6(7)8(15)17-2/h3H,1-2H3,(H,13,14). The Morgan fingerprint density at radius 1 is 1.33 bits per heavy atom. The summed E-state index contributed by atoms with van der Waals surface area (Å²) in [5, 5.41) is 0. The molecular weight excluding hydrogens is 259 g/mol. The molecule has 1 aromatic rings. The molecule has 18 heavy (non-hydrogen) atoms. The Hall–Kier alpha value is -2.19. The molecule has 6 nitrogen and oxygen atoms in total. The van der Waals surface area contributed by atoms with Gasteiger partial charge in [0.2, 0.25) is 11.3 Å². The van der Waals surface area contributed by atoms with Crippen molar-refractivity contribution in [1.29, 1.82) is 0 Å². The van der Waals surface area contributed by atoms with Crippen LogP contribution >= 0.6 is 0 Å². The van der Waals surface area contributed by atoms with Crippen molar-refractivity contribution in [3.8, 4) is 11.6 Å².